The fourth-order valence-corrected chi connectivity index (χ4v) is 5.78. The zero-order valence-electron chi connectivity index (χ0n) is 15.3. The van der Waals surface area contributed by atoms with Gasteiger partial charge in [0.25, 0.3) is 20.0 Å². The maximum Gasteiger partial charge on any atom is 0.261 e. The predicted molar refractivity (Wildman–Crippen MR) is 123 cm³/mol. The molecule has 31 heavy (non-hydrogen) atoms. The molecule has 0 aromatic heterocycles. The number of nitriles is 1. The third kappa shape index (κ3) is 5.70. The van der Waals surface area contributed by atoms with Gasteiger partial charge in [0.05, 0.1) is 21.0 Å². The minimum atomic E-state index is -3.98. The quantitative estimate of drug-likeness (QED) is 0.428. The van der Waals surface area contributed by atoms with Gasteiger partial charge in [-0.25, -0.2) is 16.8 Å². The van der Waals surface area contributed by atoms with Crippen LogP contribution in [0.5, 0.6) is 0 Å². The first-order valence-electron chi connectivity index (χ1n) is 8.32. The predicted octanol–water partition coefficient (Wildman–Crippen LogP) is 5.23. The van der Waals surface area contributed by atoms with E-state index in [4.69, 9.17) is 28.5 Å². The van der Waals surface area contributed by atoms with E-state index in [0.29, 0.717) is 10.0 Å². The monoisotopic (exact) mass is 559 g/mol. The molecule has 0 aliphatic carbocycles. The van der Waals surface area contributed by atoms with Crippen LogP contribution >= 0.6 is 39.1 Å². The zero-order chi connectivity index (χ0) is 22.8. The molecule has 3 aromatic rings. The molecule has 0 aliphatic heterocycles. The van der Waals surface area contributed by atoms with Crippen LogP contribution in [-0.2, 0) is 20.0 Å². The molecule has 3 aromatic carbocycles. The van der Waals surface area contributed by atoms with Crippen LogP contribution in [0, 0.1) is 11.3 Å². The van der Waals surface area contributed by atoms with Gasteiger partial charge in [-0.05, 0) is 76.6 Å². The minimum Gasteiger partial charge on any atom is -0.280 e. The number of nitrogens with one attached hydrogen (secondary N) is 2. The highest BCUT2D eigenvalue weighted by Gasteiger charge is 2.18. The Morgan fingerprint density at radius 1 is 0.742 bits per heavy atom. The number of hydrogen-bond acceptors (Lipinski definition) is 5. The summed E-state index contributed by atoms with van der Waals surface area (Å²) in [6.07, 6.45) is 0. The molecule has 0 aliphatic rings. The lowest BCUT2D eigenvalue weighted by atomic mass is 10.2. The van der Waals surface area contributed by atoms with E-state index in [2.05, 4.69) is 25.4 Å². The number of rotatable bonds is 6. The van der Waals surface area contributed by atoms with Crippen LogP contribution in [0.3, 0.4) is 0 Å². The summed E-state index contributed by atoms with van der Waals surface area (Å²) < 4.78 is 55.4. The molecule has 0 amide bonds. The van der Waals surface area contributed by atoms with Crippen molar-refractivity contribution in [1.82, 2.24) is 0 Å². The van der Waals surface area contributed by atoms with Crippen LogP contribution in [0.1, 0.15) is 5.56 Å². The van der Waals surface area contributed by atoms with Crippen molar-refractivity contribution >= 4 is 70.6 Å². The first kappa shape index (κ1) is 23.4. The zero-order valence-corrected chi connectivity index (χ0v) is 20.0. The number of hydrogen-bond donors (Lipinski definition) is 2. The normalized spacial score (nSPS) is 11.5. The molecular formula is C19H12BrCl2N3O4S2. The smallest absolute Gasteiger partial charge is 0.261 e. The standard InChI is InChI=1S/C19H12BrCl2N3O4S2/c20-19-10-16(2-1-12(19)11-23)25-30(26,27)17-5-3-15(4-6-17)24-31(28,29)18-8-13(21)7-14(22)9-18/h1-10,24-25H. The summed E-state index contributed by atoms with van der Waals surface area (Å²) in [5.41, 5.74) is 0.769. The van der Waals surface area contributed by atoms with E-state index >= 15 is 0 Å². The SMILES string of the molecule is N#Cc1ccc(NS(=O)(=O)c2ccc(NS(=O)(=O)c3cc(Cl)cc(Cl)c3)cc2)cc1Br. The molecular weight excluding hydrogens is 549 g/mol. The lowest BCUT2D eigenvalue weighted by molar-refractivity contribution is 0.600. The summed E-state index contributed by atoms with van der Waals surface area (Å²) in [5.74, 6) is 0. The van der Waals surface area contributed by atoms with Crippen LogP contribution in [0.25, 0.3) is 0 Å². The highest BCUT2D eigenvalue weighted by atomic mass is 79.9. The molecule has 2 N–H and O–H groups in total. The molecule has 0 bridgehead atoms. The van der Waals surface area contributed by atoms with Crippen LogP contribution in [-0.4, -0.2) is 16.8 Å². The molecule has 0 spiro atoms. The summed E-state index contributed by atoms with van der Waals surface area (Å²) in [6.45, 7) is 0. The second-order valence-corrected chi connectivity index (χ2v) is 11.2. The van der Waals surface area contributed by atoms with E-state index in [1.807, 2.05) is 6.07 Å². The highest BCUT2D eigenvalue weighted by molar-refractivity contribution is 9.10. The lowest BCUT2D eigenvalue weighted by Gasteiger charge is -2.11. The summed E-state index contributed by atoms with van der Waals surface area (Å²) in [6, 6.07) is 15.4. The van der Waals surface area contributed by atoms with E-state index < -0.39 is 20.0 Å². The first-order valence-corrected chi connectivity index (χ1v) is 12.8. The fraction of sp³-hybridized carbons (Fsp3) is 0. The Bertz CT molecular complexity index is 1380. The summed E-state index contributed by atoms with van der Waals surface area (Å²) >= 11 is 14.9. The molecule has 0 radical (unpaired) electrons. The number of benzene rings is 3. The second kappa shape index (κ2) is 9.06. The maximum atomic E-state index is 12.6. The molecule has 0 heterocycles. The molecule has 12 heteroatoms. The average molecular weight is 561 g/mol. The van der Waals surface area contributed by atoms with Crippen molar-refractivity contribution in [3.63, 3.8) is 0 Å². The van der Waals surface area contributed by atoms with Gasteiger partial charge in [0.15, 0.2) is 0 Å². The van der Waals surface area contributed by atoms with E-state index in [0.717, 1.165) is 0 Å². The van der Waals surface area contributed by atoms with E-state index in [-0.39, 0.29) is 31.2 Å². The molecule has 0 saturated heterocycles. The van der Waals surface area contributed by atoms with Gasteiger partial charge in [0.2, 0.25) is 0 Å². The molecule has 7 nitrogen and oxygen atoms in total. The van der Waals surface area contributed by atoms with Crippen LogP contribution in [0.15, 0.2) is 74.9 Å². The van der Waals surface area contributed by atoms with Gasteiger partial charge in [-0.15, -0.1) is 0 Å². The van der Waals surface area contributed by atoms with Gasteiger partial charge in [0, 0.05) is 20.2 Å². The number of anilines is 2. The van der Waals surface area contributed by atoms with Crippen molar-refractivity contribution in [3.05, 3.63) is 80.7 Å². The van der Waals surface area contributed by atoms with Crippen molar-refractivity contribution in [2.75, 3.05) is 9.44 Å². The van der Waals surface area contributed by atoms with Gasteiger partial charge in [-0.3, -0.25) is 9.44 Å². The largest absolute Gasteiger partial charge is 0.280 e. The Kier molecular flexibility index (Phi) is 6.83. The Hall–Kier alpha value is -2.29. The van der Waals surface area contributed by atoms with Crippen molar-refractivity contribution < 1.29 is 16.8 Å². The van der Waals surface area contributed by atoms with Crippen molar-refractivity contribution in [1.29, 1.82) is 5.26 Å². The first-order chi connectivity index (χ1) is 14.5. The third-order valence-electron chi connectivity index (χ3n) is 3.90. The minimum absolute atomic E-state index is 0.0817. The Morgan fingerprint density at radius 3 is 1.81 bits per heavy atom. The third-order valence-corrected chi connectivity index (χ3v) is 7.76. The van der Waals surface area contributed by atoms with Gasteiger partial charge in [-0.2, -0.15) is 5.26 Å². The Morgan fingerprint density at radius 2 is 1.26 bits per heavy atom. The highest BCUT2D eigenvalue weighted by Crippen LogP contribution is 2.26. The molecule has 3 rings (SSSR count). The lowest BCUT2D eigenvalue weighted by Crippen LogP contribution is -2.14. The van der Waals surface area contributed by atoms with E-state index in [1.165, 1.54) is 60.7 Å². The van der Waals surface area contributed by atoms with E-state index in [1.54, 1.807) is 0 Å². The maximum absolute atomic E-state index is 12.6. The van der Waals surface area contributed by atoms with Gasteiger partial charge in [-0.1, -0.05) is 23.2 Å². The van der Waals surface area contributed by atoms with Crippen LogP contribution in [0.2, 0.25) is 10.0 Å². The Balaban J connectivity index is 1.80. The fourth-order valence-electron chi connectivity index (χ4n) is 2.48. The van der Waals surface area contributed by atoms with Gasteiger partial charge < -0.3 is 0 Å². The number of sulfonamides is 2. The van der Waals surface area contributed by atoms with E-state index in [9.17, 15) is 16.8 Å². The summed E-state index contributed by atoms with van der Waals surface area (Å²) in [4.78, 5) is -0.212. The summed E-state index contributed by atoms with van der Waals surface area (Å²) in [7, 11) is -7.92. The molecule has 0 saturated carbocycles. The summed E-state index contributed by atoms with van der Waals surface area (Å²) in [5, 5.41) is 9.27. The topological polar surface area (TPSA) is 116 Å². The van der Waals surface area contributed by atoms with Crippen molar-refractivity contribution in [2.45, 2.75) is 9.79 Å². The van der Waals surface area contributed by atoms with Crippen LogP contribution in [0.4, 0.5) is 11.4 Å². The second-order valence-electron chi connectivity index (χ2n) is 6.15. The molecule has 0 fully saturated rings. The van der Waals surface area contributed by atoms with Gasteiger partial charge in [0.1, 0.15) is 6.07 Å². The molecule has 0 unspecified atom stereocenters. The van der Waals surface area contributed by atoms with Crippen LogP contribution < -0.4 is 9.44 Å². The average Bonchev–Trinajstić information content (AvgIpc) is 2.67. The van der Waals surface area contributed by atoms with Crippen molar-refractivity contribution in [2.24, 2.45) is 0 Å². The number of nitrogens with zero attached hydrogens (tertiary/aromatic N) is 1. The van der Waals surface area contributed by atoms with Gasteiger partial charge >= 0.3 is 0 Å². The number of halogens is 3. The van der Waals surface area contributed by atoms with Crippen molar-refractivity contribution in [3.8, 4) is 6.07 Å². The molecule has 0 atom stereocenters. The Labute approximate surface area is 197 Å². The molecule has 160 valence electrons.